The van der Waals surface area contributed by atoms with Crippen molar-refractivity contribution in [3.05, 3.63) is 40.1 Å². The van der Waals surface area contributed by atoms with Gasteiger partial charge in [-0.3, -0.25) is 4.79 Å². The molecule has 0 aliphatic rings. The second-order valence-corrected chi connectivity index (χ2v) is 3.78. The molecular weight excluding hydrogens is 253 g/mol. The van der Waals surface area contributed by atoms with Crippen LogP contribution >= 0.6 is 23.2 Å². The summed E-state index contributed by atoms with van der Waals surface area (Å²) >= 11 is 11.6. The van der Waals surface area contributed by atoms with E-state index in [0.29, 0.717) is 15.7 Å². The van der Waals surface area contributed by atoms with E-state index in [4.69, 9.17) is 23.2 Å². The minimum Gasteiger partial charge on any atom is -0.320 e. The van der Waals surface area contributed by atoms with Gasteiger partial charge in [0, 0.05) is 15.7 Å². The predicted octanol–water partition coefficient (Wildman–Crippen LogP) is 2.63. The molecule has 0 spiro atoms. The molecule has 1 amide bonds. The highest BCUT2D eigenvalue weighted by Crippen LogP contribution is 2.22. The summed E-state index contributed by atoms with van der Waals surface area (Å²) in [4.78, 5) is 11.5. The van der Waals surface area contributed by atoms with E-state index in [1.54, 1.807) is 18.2 Å². The number of nitrogens with one attached hydrogen (secondary N) is 1. The van der Waals surface area contributed by atoms with Gasteiger partial charge in [0.15, 0.2) is 5.69 Å². The topological polar surface area (TPSA) is 68.0 Å². The third kappa shape index (κ3) is 2.50. The number of carbonyl (C=O) groups is 1. The highest BCUT2D eigenvalue weighted by molar-refractivity contribution is 6.35. The van der Waals surface area contributed by atoms with E-state index in [9.17, 15) is 4.79 Å². The molecule has 1 aromatic carbocycles. The molecule has 0 atom stereocenters. The standard InChI is InChI=1S/C9H5Cl2N3O2/c10-5-1-6(11)3-7(2-5)13-9(15)8-4-12-16-14-8/h1-4H,(H,13,15). The van der Waals surface area contributed by atoms with Crippen LogP contribution in [0.5, 0.6) is 0 Å². The first-order valence-corrected chi connectivity index (χ1v) is 4.96. The Labute approximate surface area is 100 Å². The van der Waals surface area contributed by atoms with Crippen molar-refractivity contribution in [3.8, 4) is 0 Å². The summed E-state index contributed by atoms with van der Waals surface area (Å²) in [5, 5.41) is 10.1. The van der Waals surface area contributed by atoms with E-state index in [1.165, 1.54) is 6.20 Å². The van der Waals surface area contributed by atoms with Crippen molar-refractivity contribution in [1.82, 2.24) is 10.3 Å². The Morgan fingerprint density at radius 3 is 2.50 bits per heavy atom. The maximum atomic E-state index is 11.5. The quantitative estimate of drug-likeness (QED) is 0.898. The Morgan fingerprint density at radius 1 is 1.25 bits per heavy atom. The maximum Gasteiger partial charge on any atom is 0.279 e. The van der Waals surface area contributed by atoms with E-state index in [2.05, 4.69) is 20.3 Å². The van der Waals surface area contributed by atoms with Crippen molar-refractivity contribution in [2.45, 2.75) is 0 Å². The lowest BCUT2D eigenvalue weighted by Gasteiger charge is -2.03. The zero-order valence-electron chi connectivity index (χ0n) is 7.78. The van der Waals surface area contributed by atoms with Crippen LogP contribution < -0.4 is 5.32 Å². The van der Waals surface area contributed by atoms with Crippen molar-refractivity contribution in [2.75, 3.05) is 5.32 Å². The number of aromatic nitrogens is 2. The van der Waals surface area contributed by atoms with Gasteiger partial charge in [-0.1, -0.05) is 28.4 Å². The molecule has 7 heteroatoms. The van der Waals surface area contributed by atoms with Crippen LogP contribution in [0.4, 0.5) is 5.69 Å². The van der Waals surface area contributed by atoms with E-state index in [0.717, 1.165) is 0 Å². The first-order valence-electron chi connectivity index (χ1n) is 4.20. The van der Waals surface area contributed by atoms with Crippen molar-refractivity contribution < 1.29 is 9.42 Å². The molecule has 82 valence electrons. The van der Waals surface area contributed by atoms with E-state index in [-0.39, 0.29) is 5.69 Å². The molecule has 0 saturated heterocycles. The smallest absolute Gasteiger partial charge is 0.279 e. The van der Waals surface area contributed by atoms with Gasteiger partial charge in [0.2, 0.25) is 0 Å². The molecular formula is C9H5Cl2N3O2. The minimum atomic E-state index is -0.445. The van der Waals surface area contributed by atoms with Crippen LogP contribution in [0.25, 0.3) is 0 Å². The Morgan fingerprint density at radius 2 is 1.94 bits per heavy atom. The molecule has 0 saturated carbocycles. The number of amides is 1. The minimum absolute atomic E-state index is 0.0797. The largest absolute Gasteiger partial charge is 0.320 e. The van der Waals surface area contributed by atoms with Gasteiger partial charge >= 0.3 is 0 Å². The van der Waals surface area contributed by atoms with Crippen LogP contribution in [-0.4, -0.2) is 16.2 Å². The third-order valence-corrected chi connectivity index (χ3v) is 2.15. The normalized spacial score (nSPS) is 10.1. The van der Waals surface area contributed by atoms with Crippen LogP contribution in [0.15, 0.2) is 29.0 Å². The number of hydrogen-bond donors (Lipinski definition) is 1. The highest BCUT2D eigenvalue weighted by Gasteiger charge is 2.10. The van der Waals surface area contributed by atoms with E-state index in [1.807, 2.05) is 0 Å². The molecule has 0 unspecified atom stereocenters. The summed E-state index contributed by atoms with van der Waals surface area (Å²) in [5.41, 5.74) is 0.557. The van der Waals surface area contributed by atoms with E-state index >= 15 is 0 Å². The Kier molecular flexibility index (Phi) is 3.07. The molecule has 16 heavy (non-hydrogen) atoms. The van der Waals surface area contributed by atoms with Gasteiger partial charge < -0.3 is 5.32 Å². The zero-order valence-corrected chi connectivity index (χ0v) is 9.29. The van der Waals surface area contributed by atoms with Gasteiger partial charge in [-0.2, -0.15) is 0 Å². The number of halogens is 2. The molecule has 0 fully saturated rings. The SMILES string of the molecule is O=C(Nc1cc(Cl)cc(Cl)c1)c1cnon1. The monoisotopic (exact) mass is 257 g/mol. The molecule has 0 bridgehead atoms. The first kappa shape index (κ1) is 10.9. The van der Waals surface area contributed by atoms with Crippen LogP contribution in [0.1, 0.15) is 10.5 Å². The molecule has 0 aliphatic carbocycles. The van der Waals surface area contributed by atoms with Crippen LogP contribution in [0.2, 0.25) is 10.0 Å². The second kappa shape index (κ2) is 4.51. The Hall–Kier alpha value is -1.59. The lowest BCUT2D eigenvalue weighted by atomic mass is 10.3. The number of anilines is 1. The molecule has 1 aromatic heterocycles. The van der Waals surface area contributed by atoms with Gasteiger partial charge in [0.1, 0.15) is 6.20 Å². The molecule has 5 nitrogen and oxygen atoms in total. The van der Waals surface area contributed by atoms with Gasteiger partial charge in [-0.25, -0.2) is 4.63 Å². The fourth-order valence-corrected chi connectivity index (χ4v) is 1.61. The summed E-state index contributed by atoms with van der Waals surface area (Å²) in [6.45, 7) is 0. The summed E-state index contributed by atoms with van der Waals surface area (Å²) in [6, 6.07) is 4.70. The lowest BCUT2D eigenvalue weighted by Crippen LogP contribution is -2.12. The average Bonchev–Trinajstić information content (AvgIpc) is 2.68. The van der Waals surface area contributed by atoms with Crippen molar-refractivity contribution in [1.29, 1.82) is 0 Å². The molecule has 1 N–H and O–H groups in total. The molecule has 0 radical (unpaired) electrons. The van der Waals surface area contributed by atoms with Gasteiger partial charge in [0.05, 0.1) is 0 Å². The molecule has 2 aromatic rings. The fourth-order valence-electron chi connectivity index (χ4n) is 1.09. The first-order chi connectivity index (χ1) is 7.65. The van der Waals surface area contributed by atoms with Crippen LogP contribution in [0, 0.1) is 0 Å². The summed E-state index contributed by atoms with van der Waals surface area (Å²) in [6.07, 6.45) is 1.21. The highest BCUT2D eigenvalue weighted by atomic mass is 35.5. The maximum absolute atomic E-state index is 11.5. The average molecular weight is 258 g/mol. The fraction of sp³-hybridized carbons (Fsp3) is 0. The van der Waals surface area contributed by atoms with Gasteiger partial charge in [-0.05, 0) is 23.4 Å². The Bertz CT molecular complexity index is 493. The van der Waals surface area contributed by atoms with Crippen molar-refractivity contribution in [3.63, 3.8) is 0 Å². The summed E-state index contributed by atoms with van der Waals surface area (Å²) in [7, 11) is 0. The molecule has 0 aliphatic heterocycles. The van der Waals surface area contributed by atoms with Crippen molar-refractivity contribution in [2.24, 2.45) is 0 Å². The third-order valence-electron chi connectivity index (χ3n) is 1.71. The van der Waals surface area contributed by atoms with E-state index < -0.39 is 5.91 Å². The van der Waals surface area contributed by atoms with Gasteiger partial charge in [0.25, 0.3) is 5.91 Å². The van der Waals surface area contributed by atoms with Crippen LogP contribution in [-0.2, 0) is 0 Å². The number of benzene rings is 1. The van der Waals surface area contributed by atoms with Gasteiger partial charge in [-0.15, -0.1) is 0 Å². The van der Waals surface area contributed by atoms with Crippen molar-refractivity contribution >= 4 is 34.8 Å². The summed E-state index contributed by atoms with van der Waals surface area (Å²) in [5.74, 6) is -0.445. The molecule has 1 heterocycles. The molecule has 2 rings (SSSR count). The predicted molar refractivity (Wildman–Crippen MR) is 58.7 cm³/mol. The summed E-state index contributed by atoms with van der Waals surface area (Å²) < 4.78 is 4.31. The zero-order chi connectivity index (χ0) is 11.5. The van der Waals surface area contributed by atoms with Crippen LogP contribution in [0.3, 0.4) is 0 Å². The number of rotatable bonds is 2. The number of nitrogens with zero attached hydrogens (tertiary/aromatic N) is 2. The lowest BCUT2D eigenvalue weighted by molar-refractivity contribution is 0.101. The Balaban J connectivity index is 2.18. The second-order valence-electron chi connectivity index (χ2n) is 2.90. The number of carbonyl (C=O) groups excluding carboxylic acids is 1. The number of hydrogen-bond acceptors (Lipinski definition) is 4.